The average molecular weight is 303 g/mol. The Hall–Kier alpha value is -0.660. The molecule has 0 aromatic heterocycles. The third-order valence-electron chi connectivity index (χ3n) is 4.84. The number of piperidine rings is 1. The molecule has 20 heavy (non-hydrogen) atoms. The van der Waals surface area contributed by atoms with Crippen molar-refractivity contribution in [3.8, 4) is 0 Å². The molecule has 6 nitrogen and oxygen atoms in total. The zero-order valence-corrected chi connectivity index (χ0v) is 13.4. The molecule has 0 aromatic carbocycles. The van der Waals surface area contributed by atoms with Gasteiger partial charge in [-0.3, -0.25) is 4.79 Å². The van der Waals surface area contributed by atoms with Gasteiger partial charge < -0.3 is 4.90 Å². The van der Waals surface area contributed by atoms with Crippen LogP contribution in [0.2, 0.25) is 0 Å². The molecule has 2 aliphatic rings. The summed E-state index contributed by atoms with van der Waals surface area (Å²) in [7, 11) is 1.69. The molecule has 2 rings (SSSR count). The number of hydrogen-bond acceptors (Lipinski definition) is 3. The number of rotatable bonds is 2. The van der Waals surface area contributed by atoms with Crippen molar-refractivity contribution in [2.75, 3.05) is 40.8 Å². The summed E-state index contributed by atoms with van der Waals surface area (Å²) in [5, 5.41) is 0. The minimum atomic E-state index is -3.30. The molecule has 0 radical (unpaired) electrons. The average Bonchev–Trinajstić information content (AvgIpc) is 2.54. The van der Waals surface area contributed by atoms with E-state index in [1.54, 1.807) is 23.3 Å². The number of likely N-dealkylation sites (tertiary alicyclic amines) is 1. The molecule has 0 aliphatic carbocycles. The van der Waals surface area contributed by atoms with Crippen molar-refractivity contribution in [3.63, 3.8) is 0 Å². The summed E-state index contributed by atoms with van der Waals surface area (Å²) in [5.74, 6) is 0.213. The fraction of sp³-hybridized carbons (Fsp3) is 0.923. The minimum Gasteiger partial charge on any atom is -0.346 e. The summed E-state index contributed by atoms with van der Waals surface area (Å²) < 4.78 is 27.1. The van der Waals surface area contributed by atoms with Gasteiger partial charge in [-0.25, -0.2) is 0 Å². The molecule has 0 N–H and O–H groups in total. The molecule has 2 saturated heterocycles. The highest BCUT2D eigenvalue weighted by Crippen LogP contribution is 2.41. The molecule has 0 unspecified atom stereocenters. The smallest absolute Gasteiger partial charge is 0.281 e. The van der Waals surface area contributed by atoms with E-state index >= 15 is 0 Å². The first-order chi connectivity index (χ1) is 9.27. The Morgan fingerprint density at radius 3 is 2.15 bits per heavy atom. The second-order valence-electron chi connectivity index (χ2n) is 6.25. The number of carbonyl (C=O) groups is 1. The maximum atomic E-state index is 12.1. The van der Waals surface area contributed by atoms with Crippen LogP contribution in [-0.4, -0.2) is 68.6 Å². The second-order valence-corrected chi connectivity index (χ2v) is 8.40. The molecule has 116 valence electrons. The summed E-state index contributed by atoms with van der Waals surface area (Å²) in [4.78, 5) is 13.6. The lowest BCUT2D eigenvalue weighted by Crippen LogP contribution is -2.47. The van der Waals surface area contributed by atoms with Crippen molar-refractivity contribution in [1.82, 2.24) is 13.5 Å². The molecule has 7 heteroatoms. The van der Waals surface area contributed by atoms with Crippen LogP contribution in [-0.2, 0) is 15.0 Å². The third-order valence-corrected chi connectivity index (χ3v) is 6.78. The minimum absolute atomic E-state index is 0.152. The van der Waals surface area contributed by atoms with E-state index in [4.69, 9.17) is 0 Å². The lowest BCUT2D eigenvalue weighted by molar-refractivity contribution is -0.129. The van der Waals surface area contributed by atoms with Gasteiger partial charge in [0.2, 0.25) is 5.91 Å². The van der Waals surface area contributed by atoms with E-state index in [2.05, 4.69) is 0 Å². The van der Waals surface area contributed by atoms with E-state index in [1.165, 1.54) is 4.31 Å². The van der Waals surface area contributed by atoms with Crippen LogP contribution >= 0.6 is 0 Å². The van der Waals surface area contributed by atoms with Gasteiger partial charge in [-0.15, -0.1) is 0 Å². The van der Waals surface area contributed by atoms with E-state index in [9.17, 15) is 13.2 Å². The van der Waals surface area contributed by atoms with E-state index in [1.807, 2.05) is 7.05 Å². The van der Waals surface area contributed by atoms with E-state index in [0.717, 1.165) is 32.2 Å². The number of hydrogen-bond donors (Lipinski definition) is 0. The Balaban J connectivity index is 2.02. The second kappa shape index (κ2) is 5.61. The van der Waals surface area contributed by atoms with E-state index in [-0.39, 0.29) is 11.3 Å². The molecule has 0 atom stereocenters. The lowest BCUT2D eigenvalue weighted by atomic mass is 9.73. The molecule has 1 amide bonds. The van der Waals surface area contributed by atoms with Gasteiger partial charge in [0.05, 0.1) is 0 Å². The third kappa shape index (κ3) is 2.99. The van der Waals surface area contributed by atoms with Gasteiger partial charge >= 0.3 is 0 Å². The van der Waals surface area contributed by atoms with Crippen molar-refractivity contribution in [2.45, 2.75) is 32.1 Å². The Bertz CT molecular complexity index is 467. The highest BCUT2D eigenvalue weighted by atomic mass is 32.2. The summed E-state index contributed by atoms with van der Waals surface area (Å²) >= 11 is 0. The molecular formula is C13H25N3O3S. The number of carbonyl (C=O) groups excluding carboxylic acids is 1. The predicted molar refractivity (Wildman–Crippen MR) is 77.3 cm³/mol. The monoisotopic (exact) mass is 303 g/mol. The molecule has 0 aromatic rings. The summed E-state index contributed by atoms with van der Waals surface area (Å²) in [6, 6.07) is 0. The van der Waals surface area contributed by atoms with Gasteiger partial charge in [-0.05, 0) is 31.1 Å². The number of amides is 1. The summed E-state index contributed by atoms with van der Waals surface area (Å²) in [6.07, 6.45) is 4.20. The Morgan fingerprint density at radius 1 is 1.05 bits per heavy atom. The van der Waals surface area contributed by atoms with Crippen LogP contribution in [0.4, 0.5) is 0 Å². The highest BCUT2D eigenvalue weighted by molar-refractivity contribution is 7.86. The van der Waals surface area contributed by atoms with Crippen LogP contribution in [0.5, 0.6) is 0 Å². The van der Waals surface area contributed by atoms with Crippen molar-refractivity contribution >= 4 is 16.1 Å². The molecule has 1 spiro atoms. The fourth-order valence-corrected chi connectivity index (χ4v) is 4.25. The standard InChI is InChI=1S/C13H25N3O3S/c1-14(2)20(18,19)16-10-7-13(8-11-16)5-4-12(17)15(3)9-6-13/h4-11H2,1-3H3. The maximum Gasteiger partial charge on any atom is 0.281 e. The molecular weight excluding hydrogens is 278 g/mol. The molecule has 0 saturated carbocycles. The van der Waals surface area contributed by atoms with Gasteiger partial charge in [-0.1, -0.05) is 0 Å². The normalized spacial score (nSPS) is 25.2. The highest BCUT2D eigenvalue weighted by Gasteiger charge is 2.40. The first kappa shape index (κ1) is 15.7. The van der Waals surface area contributed by atoms with Crippen LogP contribution in [0.1, 0.15) is 32.1 Å². The first-order valence-corrected chi connectivity index (χ1v) is 8.58. The van der Waals surface area contributed by atoms with Gasteiger partial charge in [0.25, 0.3) is 10.2 Å². The topological polar surface area (TPSA) is 60.9 Å². The molecule has 2 fully saturated rings. The van der Waals surface area contributed by atoms with Crippen molar-refractivity contribution in [1.29, 1.82) is 0 Å². The van der Waals surface area contributed by atoms with Crippen molar-refractivity contribution in [3.05, 3.63) is 0 Å². The zero-order valence-electron chi connectivity index (χ0n) is 12.6. The van der Waals surface area contributed by atoms with Crippen molar-refractivity contribution < 1.29 is 13.2 Å². The van der Waals surface area contributed by atoms with Gasteiger partial charge in [-0.2, -0.15) is 17.0 Å². The van der Waals surface area contributed by atoms with Crippen LogP contribution in [0, 0.1) is 5.41 Å². The van der Waals surface area contributed by atoms with Crippen LogP contribution in [0.15, 0.2) is 0 Å². The van der Waals surface area contributed by atoms with E-state index in [0.29, 0.717) is 19.5 Å². The Morgan fingerprint density at radius 2 is 1.60 bits per heavy atom. The van der Waals surface area contributed by atoms with Crippen LogP contribution < -0.4 is 0 Å². The maximum absolute atomic E-state index is 12.1. The quantitative estimate of drug-likeness (QED) is 0.747. The summed E-state index contributed by atoms with van der Waals surface area (Å²) in [6.45, 7) is 1.93. The van der Waals surface area contributed by atoms with Gasteiger partial charge in [0, 0.05) is 47.2 Å². The van der Waals surface area contributed by atoms with Crippen LogP contribution in [0.3, 0.4) is 0 Å². The van der Waals surface area contributed by atoms with E-state index < -0.39 is 10.2 Å². The SMILES string of the molecule is CN1CCC2(CCC1=O)CCN(S(=O)(=O)N(C)C)CC2. The molecule has 2 aliphatic heterocycles. The molecule has 2 heterocycles. The molecule has 0 bridgehead atoms. The van der Waals surface area contributed by atoms with Crippen LogP contribution in [0.25, 0.3) is 0 Å². The van der Waals surface area contributed by atoms with Crippen molar-refractivity contribution in [2.24, 2.45) is 5.41 Å². The Labute approximate surface area is 121 Å². The predicted octanol–water partition coefficient (Wildman–Crippen LogP) is 0.517. The lowest BCUT2D eigenvalue weighted by Gasteiger charge is -2.41. The largest absolute Gasteiger partial charge is 0.346 e. The Kier molecular flexibility index (Phi) is 4.41. The first-order valence-electron chi connectivity index (χ1n) is 7.18. The zero-order chi connectivity index (χ0) is 15.0. The fourth-order valence-electron chi connectivity index (χ4n) is 3.14. The summed E-state index contributed by atoms with van der Waals surface area (Å²) in [5.41, 5.74) is 0.152. The van der Waals surface area contributed by atoms with Gasteiger partial charge in [0.15, 0.2) is 0 Å². The number of nitrogens with zero attached hydrogens (tertiary/aromatic N) is 3. The van der Waals surface area contributed by atoms with Gasteiger partial charge in [0.1, 0.15) is 0 Å².